The van der Waals surface area contributed by atoms with Crippen LogP contribution in [0.5, 0.6) is 0 Å². The quantitative estimate of drug-likeness (QED) is 0.795. The molecule has 6 nitrogen and oxygen atoms in total. The molecule has 0 atom stereocenters. The first-order valence-corrected chi connectivity index (χ1v) is 10.2. The fourth-order valence-corrected chi connectivity index (χ4v) is 4.34. The van der Waals surface area contributed by atoms with Crippen molar-refractivity contribution in [3.8, 4) is 6.07 Å². The Kier molecular flexibility index (Phi) is 5.70. The number of anilines is 1. The van der Waals surface area contributed by atoms with E-state index in [0.29, 0.717) is 38.0 Å². The van der Waals surface area contributed by atoms with Crippen molar-refractivity contribution >= 4 is 38.2 Å². The minimum Gasteiger partial charge on any atom is -0.383 e. The molecule has 2 aromatic rings. The van der Waals surface area contributed by atoms with Gasteiger partial charge in [0.15, 0.2) is 0 Å². The normalized spacial score (nSPS) is 16.8. The van der Waals surface area contributed by atoms with Crippen molar-refractivity contribution in [3.63, 3.8) is 0 Å². The van der Waals surface area contributed by atoms with Gasteiger partial charge < -0.3 is 5.32 Å². The third-order valence-electron chi connectivity index (χ3n) is 4.72. The number of rotatable bonds is 4. The smallest absolute Gasteiger partial charge is 0.383 e. The number of fused-ring (bicyclic) bond motifs is 1. The Morgan fingerprint density at radius 2 is 2.00 bits per heavy atom. The number of aromatic nitrogens is 1. The molecule has 1 saturated heterocycles. The molecule has 0 aliphatic carbocycles. The van der Waals surface area contributed by atoms with E-state index in [-0.39, 0.29) is 31.8 Å². The van der Waals surface area contributed by atoms with Gasteiger partial charge in [-0.1, -0.05) is 11.6 Å². The zero-order valence-corrected chi connectivity index (χ0v) is 16.1. The number of benzene rings is 1. The number of hydrogen-bond donors (Lipinski definition) is 1. The van der Waals surface area contributed by atoms with Gasteiger partial charge in [0, 0.05) is 36.2 Å². The van der Waals surface area contributed by atoms with Crippen molar-refractivity contribution in [2.75, 3.05) is 25.0 Å². The van der Waals surface area contributed by atoms with Gasteiger partial charge in [0.05, 0.1) is 16.8 Å². The maximum Gasteiger partial charge on any atom is 0.511 e. The second-order valence-corrected chi connectivity index (χ2v) is 8.86. The number of nitriles is 1. The Labute approximate surface area is 165 Å². The predicted molar refractivity (Wildman–Crippen MR) is 99.2 cm³/mol. The number of pyridine rings is 1. The van der Waals surface area contributed by atoms with Gasteiger partial charge in [-0.05, 0) is 37.0 Å². The summed E-state index contributed by atoms with van der Waals surface area (Å²) in [7, 11) is -5.29. The maximum absolute atomic E-state index is 12.7. The lowest BCUT2D eigenvalue weighted by molar-refractivity contribution is -0.0496. The number of nitrogens with one attached hydrogen (secondary N) is 1. The Balaban J connectivity index is 1.71. The Morgan fingerprint density at radius 1 is 1.32 bits per heavy atom. The standard InChI is InChI=1S/C17H16ClF3N4O2S/c18-13-1-2-15-14(7-13)16(12(8-22)10-23-15)24-9-11-3-5-25(6-4-11)28(26,27)17(19,20)21/h1-2,7,10-11H,3-6,9H2,(H,23,24). The van der Waals surface area contributed by atoms with Crippen LogP contribution >= 0.6 is 11.6 Å². The first kappa shape index (κ1) is 20.6. The first-order chi connectivity index (χ1) is 13.1. The van der Waals surface area contributed by atoms with Crippen LogP contribution in [0.25, 0.3) is 10.9 Å². The van der Waals surface area contributed by atoms with Gasteiger partial charge in [-0.15, -0.1) is 0 Å². The molecule has 150 valence electrons. The van der Waals surface area contributed by atoms with E-state index in [0.717, 1.165) is 0 Å². The summed E-state index contributed by atoms with van der Waals surface area (Å²) in [5.41, 5.74) is -3.75. The third kappa shape index (κ3) is 4.01. The molecule has 28 heavy (non-hydrogen) atoms. The number of piperidine rings is 1. The van der Waals surface area contributed by atoms with Gasteiger partial charge in [0.1, 0.15) is 6.07 Å². The average Bonchev–Trinajstić information content (AvgIpc) is 2.65. The molecule has 1 fully saturated rings. The van der Waals surface area contributed by atoms with Crippen molar-refractivity contribution < 1.29 is 21.6 Å². The SMILES string of the molecule is N#Cc1cnc2ccc(Cl)cc2c1NCC1CCN(S(=O)(=O)C(F)(F)F)CC1. The van der Waals surface area contributed by atoms with Gasteiger partial charge in [0.25, 0.3) is 0 Å². The number of halogens is 4. The Bertz CT molecular complexity index is 1030. The van der Waals surface area contributed by atoms with Crippen molar-refractivity contribution in [2.45, 2.75) is 18.3 Å². The summed E-state index contributed by atoms with van der Waals surface area (Å²) in [5, 5.41) is 13.7. The van der Waals surface area contributed by atoms with Gasteiger partial charge in [-0.3, -0.25) is 4.98 Å². The first-order valence-electron chi connectivity index (χ1n) is 8.42. The molecule has 0 saturated carbocycles. The lowest BCUT2D eigenvalue weighted by atomic mass is 9.97. The molecule has 1 aliphatic rings. The number of alkyl halides is 3. The fraction of sp³-hybridized carbons (Fsp3) is 0.412. The maximum atomic E-state index is 12.7. The van der Waals surface area contributed by atoms with Gasteiger partial charge in [-0.2, -0.15) is 22.7 Å². The monoisotopic (exact) mass is 432 g/mol. The highest BCUT2D eigenvalue weighted by Gasteiger charge is 2.50. The van der Waals surface area contributed by atoms with Crippen LogP contribution in [0.15, 0.2) is 24.4 Å². The summed E-state index contributed by atoms with van der Waals surface area (Å²) in [4.78, 5) is 4.21. The van der Waals surface area contributed by atoms with Crippen LogP contribution in [-0.2, 0) is 10.0 Å². The molecule has 1 N–H and O–H groups in total. The van der Waals surface area contributed by atoms with Gasteiger partial charge in [-0.25, -0.2) is 8.42 Å². The van der Waals surface area contributed by atoms with Crippen molar-refractivity contribution in [1.82, 2.24) is 9.29 Å². The van der Waals surface area contributed by atoms with Crippen molar-refractivity contribution in [3.05, 3.63) is 35.0 Å². The summed E-state index contributed by atoms with van der Waals surface area (Å²) >= 11 is 6.04. The van der Waals surface area contributed by atoms with Crippen LogP contribution in [0.1, 0.15) is 18.4 Å². The average molecular weight is 433 g/mol. The van der Waals surface area contributed by atoms with Crippen molar-refractivity contribution in [1.29, 1.82) is 5.26 Å². The number of nitrogens with zero attached hydrogens (tertiary/aromatic N) is 3. The zero-order valence-electron chi connectivity index (χ0n) is 14.5. The molecule has 11 heteroatoms. The molecule has 1 aliphatic heterocycles. The van der Waals surface area contributed by atoms with E-state index < -0.39 is 15.5 Å². The van der Waals surface area contributed by atoms with E-state index in [9.17, 15) is 26.9 Å². The zero-order chi connectivity index (χ0) is 20.5. The Morgan fingerprint density at radius 3 is 2.61 bits per heavy atom. The minimum atomic E-state index is -5.29. The second kappa shape index (κ2) is 7.73. The highest BCUT2D eigenvalue weighted by Crippen LogP contribution is 2.32. The molecule has 3 rings (SSSR count). The molecule has 0 radical (unpaired) electrons. The van der Waals surface area contributed by atoms with Crippen LogP contribution in [0.4, 0.5) is 18.9 Å². The summed E-state index contributed by atoms with van der Waals surface area (Å²) < 4.78 is 61.4. The van der Waals surface area contributed by atoms with Crippen LogP contribution in [0.2, 0.25) is 5.02 Å². The fourth-order valence-electron chi connectivity index (χ4n) is 3.19. The summed E-state index contributed by atoms with van der Waals surface area (Å²) in [6.07, 6.45) is 2.01. The summed E-state index contributed by atoms with van der Waals surface area (Å²) in [6, 6.07) is 7.15. The van der Waals surface area contributed by atoms with E-state index in [1.54, 1.807) is 18.2 Å². The molecule has 1 aromatic heterocycles. The molecule has 1 aromatic carbocycles. The second-order valence-electron chi connectivity index (χ2n) is 6.49. The van der Waals surface area contributed by atoms with Crippen molar-refractivity contribution in [2.24, 2.45) is 5.92 Å². The van der Waals surface area contributed by atoms with E-state index in [1.807, 2.05) is 0 Å². The molecule has 0 bridgehead atoms. The molecule has 2 heterocycles. The van der Waals surface area contributed by atoms with Crippen LogP contribution in [-0.4, -0.2) is 42.8 Å². The lowest BCUT2D eigenvalue weighted by Gasteiger charge is -2.31. The Hall–Kier alpha value is -2.09. The van der Waals surface area contributed by atoms with E-state index in [4.69, 9.17) is 11.6 Å². The number of hydrogen-bond acceptors (Lipinski definition) is 5. The topological polar surface area (TPSA) is 86.1 Å². The summed E-state index contributed by atoms with van der Waals surface area (Å²) in [6.45, 7) is 0.00461. The summed E-state index contributed by atoms with van der Waals surface area (Å²) in [5.74, 6) is -0.0337. The molecular weight excluding hydrogens is 417 g/mol. The molecule has 0 amide bonds. The highest BCUT2D eigenvalue weighted by molar-refractivity contribution is 7.90. The van der Waals surface area contributed by atoms with Gasteiger partial charge >= 0.3 is 15.5 Å². The van der Waals surface area contributed by atoms with Crippen LogP contribution in [0, 0.1) is 17.2 Å². The molecular formula is C17H16ClF3N4O2S. The predicted octanol–water partition coefficient (Wildman–Crippen LogP) is 3.73. The molecule has 0 spiro atoms. The van der Waals surface area contributed by atoms with Crippen LogP contribution < -0.4 is 5.32 Å². The lowest BCUT2D eigenvalue weighted by Crippen LogP contribution is -2.45. The minimum absolute atomic E-state index is 0.0337. The van der Waals surface area contributed by atoms with E-state index in [2.05, 4.69) is 16.4 Å². The molecule has 0 unspecified atom stereocenters. The number of sulfonamides is 1. The van der Waals surface area contributed by atoms with Crippen LogP contribution in [0.3, 0.4) is 0 Å². The van der Waals surface area contributed by atoms with Gasteiger partial charge in [0.2, 0.25) is 0 Å². The highest BCUT2D eigenvalue weighted by atomic mass is 35.5. The third-order valence-corrected chi connectivity index (χ3v) is 6.59. The van der Waals surface area contributed by atoms with E-state index in [1.165, 1.54) is 6.20 Å². The van der Waals surface area contributed by atoms with E-state index >= 15 is 0 Å². The largest absolute Gasteiger partial charge is 0.511 e.